The van der Waals surface area contributed by atoms with Gasteiger partial charge in [-0.2, -0.15) is 13.2 Å². The van der Waals surface area contributed by atoms with Crippen LogP contribution in [-0.2, 0) is 17.5 Å². The Labute approximate surface area is 195 Å². The molecule has 0 saturated heterocycles. The number of nitrogens with zero attached hydrogens (tertiary/aromatic N) is 4. The Kier molecular flexibility index (Phi) is 6.05. The summed E-state index contributed by atoms with van der Waals surface area (Å²) < 4.78 is 47.6. The summed E-state index contributed by atoms with van der Waals surface area (Å²) in [6.45, 7) is 3.15. The molecule has 34 heavy (non-hydrogen) atoms. The van der Waals surface area contributed by atoms with Crippen molar-refractivity contribution in [3.05, 3.63) is 81.0 Å². The van der Waals surface area contributed by atoms with E-state index in [2.05, 4.69) is 15.4 Å². The minimum absolute atomic E-state index is 0.0320. The zero-order valence-corrected chi connectivity index (χ0v) is 18.6. The van der Waals surface area contributed by atoms with Gasteiger partial charge in [-0.15, -0.1) is 5.10 Å². The number of hydrogen-bond acceptors (Lipinski definition) is 5. The maximum atomic E-state index is 13.3. The van der Waals surface area contributed by atoms with E-state index in [1.807, 2.05) is 19.9 Å². The van der Waals surface area contributed by atoms with Crippen LogP contribution in [0.25, 0.3) is 5.65 Å². The Hall–Kier alpha value is -3.86. The highest BCUT2D eigenvalue weighted by atomic mass is 35.5. The zero-order valence-electron chi connectivity index (χ0n) is 17.9. The molecule has 12 heteroatoms. The number of alkyl halides is 3. The molecule has 4 rings (SSSR count). The van der Waals surface area contributed by atoms with E-state index in [1.54, 1.807) is 12.1 Å². The third-order valence-electron chi connectivity index (χ3n) is 5.09. The molecule has 0 radical (unpaired) electrons. The average Bonchev–Trinajstić information content (AvgIpc) is 3.08. The van der Waals surface area contributed by atoms with Crippen LogP contribution in [0.1, 0.15) is 16.7 Å². The largest absolute Gasteiger partial charge is 0.436 e. The highest BCUT2D eigenvalue weighted by molar-refractivity contribution is 6.30. The van der Waals surface area contributed by atoms with Crippen molar-refractivity contribution < 1.29 is 22.7 Å². The standard InChI is InChI=1S/C22H17ClF3N5O3/c1-12-4-3-5-17(13(12)2)34-20-19-29-31(21(33)30(19)9-8-27-20)11-18(32)28-16-7-6-14(23)10-15(16)22(24,25)26/h3-10H,11H2,1-2H3,(H,28,32). The van der Waals surface area contributed by atoms with Gasteiger partial charge in [0.15, 0.2) is 0 Å². The van der Waals surface area contributed by atoms with Gasteiger partial charge in [0.1, 0.15) is 12.3 Å². The maximum absolute atomic E-state index is 13.3. The number of carbonyl (C=O) groups is 1. The van der Waals surface area contributed by atoms with Crippen LogP contribution in [0.4, 0.5) is 18.9 Å². The van der Waals surface area contributed by atoms with Gasteiger partial charge in [-0.05, 0) is 49.2 Å². The van der Waals surface area contributed by atoms with Crippen molar-refractivity contribution in [1.82, 2.24) is 19.2 Å². The fourth-order valence-corrected chi connectivity index (χ4v) is 3.40. The molecule has 0 unspecified atom stereocenters. The SMILES string of the molecule is Cc1cccc(Oc2nccn3c(=O)n(CC(=O)Nc4ccc(Cl)cc4C(F)(F)F)nc23)c1C. The third-order valence-corrected chi connectivity index (χ3v) is 5.32. The normalized spacial score (nSPS) is 11.6. The number of aromatic nitrogens is 4. The lowest BCUT2D eigenvalue weighted by molar-refractivity contribution is -0.137. The Morgan fingerprint density at radius 3 is 2.71 bits per heavy atom. The molecular weight excluding hydrogens is 475 g/mol. The van der Waals surface area contributed by atoms with Crippen molar-refractivity contribution >= 4 is 28.8 Å². The Bertz CT molecular complexity index is 1460. The summed E-state index contributed by atoms with van der Waals surface area (Å²) in [5.41, 5.74) is -0.377. The molecule has 0 bridgehead atoms. The van der Waals surface area contributed by atoms with Crippen LogP contribution in [0.2, 0.25) is 5.02 Å². The number of rotatable bonds is 5. The average molecular weight is 492 g/mol. The van der Waals surface area contributed by atoms with E-state index < -0.39 is 35.6 Å². The van der Waals surface area contributed by atoms with Gasteiger partial charge in [0, 0.05) is 17.4 Å². The van der Waals surface area contributed by atoms with Crippen LogP contribution in [0.15, 0.2) is 53.6 Å². The smallest absolute Gasteiger partial charge is 0.418 e. The molecule has 0 aliphatic heterocycles. The van der Waals surface area contributed by atoms with Crippen molar-refractivity contribution in [2.75, 3.05) is 5.32 Å². The van der Waals surface area contributed by atoms with Gasteiger partial charge in [-0.3, -0.25) is 4.79 Å². The maximum Gasteiger partial charge on any atom is 0.418 e. The molecule has 2 heterocycles. The fourth-order valence-electron chi connectivity index (χ4n) is 3.23. The molecule has 1 amide bonds. The highest BCUT2D eigenvalue weighted by Gasteiger charge is 2.34. The van der Waals surface area contributed by atoms with E-state index in [0.29, 0.717) is 11.8 Å². The van der Waals surface area contributed by atoms with Gasteiger partial charge in [-0.1, -0.05) is 23.7 Å². The molecule has 0 aliphatic rings. The summed E-state index contributed by atoms with van der Waals surface area (Å²) >= 11 is 5.66. The number of carbonyl (C=O) groups excluding carboxylic acids is 1. The summed E-state index contributed by atoms with van der Waals surface area (Å²) in [5, 5.41) is 6.13. The molecule has 176 valence electrons. The number of anilines is 1. The van der Waals surface area contributed by atoms with Gasteiger partial charge in [0.05, 0.1) is 11.3 Å². The molecule has 8 nitrogen and oxygen atoms in total. The summed E-state index contributed by atoms with van der Waals surface area (Å²) in [6.07, 6.45) is -2.06. The molecule has 4 aromatic rings. The van der Waals surface area contributed by atoms with Gasteiger partial charge >= 0.3 is 11.9 Å². The van der Waals surface area contributed by atoms with Gasteiger partial charge < -0.3 is 10.1 Å². The van der Waals surface area contributed by atoms with E-state index in [-0.39, 0.29) is 16.5 Å². The molecule has 0 fully saturated rings. The van der Waals surface area contributed by atoms with Crippen molar-refractivity contribution in [2.45, 2.75) is 26.6 Å². The van der Waals surface area contributed by atoms with Crippen LogP contribution < -0.4 is 15.7 Å². The first-order valence-corrected chi connectivity index (χ1v) is 10.3. The molecule has 1 N–H and O–H groups in total. The van der Waals surface area contributed by atoms with Crippen LogP contribution in [0.3, 0.4) is 0 Å². The number of hydrogen-bond donors (Lipinski definition) is 1. The topological polar surface area (TPSA) is 90.5 Å². The zero-order chi connectivity index (χ0) is 24.6. The second-order valence-corrected chi connectivity index (χ2v) is 7.84. The number of aryl methyl sites for hydroxylation is 1. The van der Waals surface area contributed by atoms with E-state index >= 15 is 0 Å². The minimum atomic E-state index is -4.74. The van der Waals surface area contributed by atoms with Crippen molar-refractivity contribution in [3.8, 4) is 11.6 Å². The first kappa shape index (κ1) is 23.3. The Balaban J connectivity index is 1.62. The first-order chi connectivity index (χ1) is 16.0. The molecule has 0 spiro atoms. The number of benzene rings is 2. The predicted molar refractivity (Wildman–Crippen MR) is 118 cm³/mol. The van der Waals surface area contributed by atoms with Gasteiger partial charge in [0.25, 0.3) is 5.88 Å². The number of ether oxygens (including phenoxy) is 1. The molecular formula is C22H17ClF3N5O3. The number of nitrogens with one attached hydrogen (secondary N) is 1. The van der Waals surface area contributed by atoms with Crippen LogP contribution >= 0.6 is 11.6 Å². The van der Waals surface area contributed by atoms with Crippen molar-refractivity contribution in [3.63, 3.8) is 0 Å². The lowest BCUT2D eigenvalue weighted by atomic mass is 10.1. The Morgan fingerprint density at radius 1 is 1.21 bits per heavy atom. The van der Waals surface area contributed by atoms with Gasteiger partial charge in [0.2, 0.25) is 11.6 Å². The molecule has 2 aromatic heterocycles. The minimum Gasteiger partial charge on any atom is -0.436 e. The van der Waals surface area contributed by atoms with E-state index in [9.17, 15) is 22.8 Å². The van der Waals surface area contributed by atoms with E-state index in [1.165, 1.54) is 18.5 Å². The Morgan fingerprint density at radius 2 is 1.97 bits per heavy atom. The lowest BCUT2D eigenvalue weighted by Gasteiger charge is -2.14. The summed E-state index contributed by atoms with van der Waals surface area (Å²) in [4.78, 5) is 29.3. The van der Waals surface area contributed by atoms with Crippen LogP contribution in [-0.4, -0.2) is 25.1 Å². The van der Waals surface area contributed by atoms with Crippen molar-refractivity contribution in [2.24, 2.45) is 0 Å². The molecule has 0 saturated carbocycles. The van der Waals surface area contributed by atoms with Crippen molar-refractivity contribution in [1.29, 1.82) is 0 Å². The second-order valence-electron chi connectivity index (χ2n) is 7.40. The number of fused-ring (bicyclic) bond motifs is 1. The first-order valence-electron chi connectivity index (χ1n) is 9.89. The van der Waals surface area contributed by atoms with Crippen LogP contribution in [0, 0.1) is 13.8 Å². The quantitative estimate of drug-likeness (QED) is 0.440. The van der Waals surface area contributed by atoms with Crippen LogP contribution in [0.5, 0.6) is 11.6 Å². The van der Waals surface area contributed by atoms with E-state index in [0.717, 1.165) is 26.3 Å². The number of amides is 1. The summed E-state index contributed by atoms with van der Waals surface area (Å²) in [5.74, 6) is -0.337. The fraction of sp³-hybridized carbons (Fsp3) is 0.182. The highest BCUT2D eigenvalue weighted by Crippen LogP contribution is 2.36. The molecule has 0 aliphatic carbocycles. The monoisotopic (exact) mass is 491 g/mol. The third kappa shape index (κ3) is 4.60. The second kappa shape index (κ2) is 8.82. The lowest BCUT2D eigenvalue weighted by Crippen LogP contribution is -2.28. The van der Waals surface area contributed by atoms with Gasteiger partial charge in [-0.25, -0.2) is 18.9 Å². The predicted octanol–water partition coefficient (Wildman–Crippen LogP) is 4.61. The molecule has 0 atom stereocenters. The summed E-state index contributed by atoms with van der Waals surface area (Å²) in [6, 6.07) is 8.41. The van der Waals surface area contributed by atoms with E-state index in [4.69, 9.17) is 16.3 Å². The summed E-state index contributed by atoms with van der Waals surface area (Å²) in [7, 11) is 0. The molecule has 2 aromatic carbocycles. The number of halogens is 4.